The van der Waals surface area contributed by atoms with Gasteiger partial charge >= 0.3 is 0 Å². The monoisotopic (exact) mass is 412 g/mol. The molecule has 1 aliphatic heterocycles. The van der Waals surface area contributed by atoms with Gasteiger partial charge in [-0.3, -0.25) is 4.79 Å². The van der Waals surface area contributed by atoms with Crippen LogP contribution < -0.4 is 19.7 Å². The first kappa shape index (κ1) is 21.9. The molecule has 2 aromatic rings. The molecule has 0 spiro atoms. The number of hydrogen-bond donors (Lipinski definition) is 1. The van der Waals surface area contributed by atoms with E-state index < -0.39 is 0 Å². The van der Waals surface area contributed by atoms with Gasteiger partial charge in [0.2, 0.25) is 11.9 Å². The molecule has 7 nitrogen and oxygen atoms in total. The summed E-state index contributed by atoms with van der Waals surface area (Å²) < 4.78 is 11.3. The molecule has 30 heavy (non-hydrogen) atoms. The van der Waals surface area contributed by atoms with E-state index in [0.717, 1.165) is 43.2 Å². The summed E-state index contributed by atoms with van der Waals surface area (Å²) in [6.07, 6.45) is 5.08. The molecule has 1 atom stereocenters. The zero-order valence-corrected chi connectivity index (χ0v) is 18.3. The maximum atomic E-state index is 12.8. The van der Waals surface area contributed by atoms with E-state index in [2.05, 4.69) is 34.0 Å². The zero-order valence-electron chi connectivity index (χ0n) is 18.3. The zero-order chi connectivity index (χ0) is 21.5. The second kappa shape index (κ2) is 10.3. The number of nitrogens with one attached hydrogen (secondary N) is 1. The van der Waals surface area contributed by atoms with E-state index in [9.17, 15) is 4.79 Å². The van der Waals surface area contributed by atoms with E-state index in [1.807, 2.05) is 31.2 Å². The molecule has 1 saturated heterocycles. The number of aromatic nitrogens is 2. The number of methoxy groups -OCH3 is 1. The number of benzene rings is 1. The molecule has 1 fully saturated rings. The van der Waals surface area contributed by atoms with Crippen LogP contribution in [-0.2, 0) is 4.79 Å². The predicted molar refractivity (Wildman–Crippen MR) is 117 cm³/mol. The molecule has 1 aromatic heterocycles. The van der Waals surface area contributed by atoms with E-state index in [-0.39, 0.29) is 17.9 Å². The van der Waals surface area contributed by atoms with E-state index >= 15 is 0 Å². The summed E-state index contributed by atoms with van der Waals surface area (Å²) in [7, 11) is 1.63. The van der Waals surface area contributed by atoms with Crippen LogP contribution >= 0.6 is 0 Å². The van der Waals surface area contributed by atoms with Gasteiger partial charge in [-0.05, 0) is 49.4 Å². The van der Waals surface area contributed by atoms with Gasteiger partial charge in [0.05, 0.1) is 19.8 Å². The molecule has 7 heteroatoms. The van der Waals surface area contributed by atoms with Crippen LogP contribution in [-0.4, -0.2) is 42.7 Å². The molecule has 3 rings (SSSR count). The van der Waals surface area contributed by atoms with Gasteiger partial charge in [-0.15, -0.1) is 0 Å². The third kappa shape index (κ3) is 5.62. The average molecular weight is 413 g/mol. The maximum absolute atomic E-state index is 12.8. The number of carbonyl (C=O) groups is 1. The van der Waals surface area contributed by atoms with Gasteiger partial charge in [0, 0.05) is 31.4 Å². The molecule has 0 aliphatic carbocycles. The van der Waals surface area contributed by atoms with Crippen molar-refractivity contribution in [3.05, 3.63) is 42.2 Å². The molecule has 0 bridgehead atoms. The first-order valence-corrected chi connectivity index (χ1v) is 10.6. The topological polar surface area (TPSA) is 76.6 Å². The summed E-state index contributed by atoms with van der Waals surface area (Å²) in [4.78, 5) is 23.5. The summed E-state index contributed by atoms with van der Waals surface area (Å²) in [6.45, 7) is 8.41. The highest BCUT2D eigenvalue weighted by atomic mass is 16.5. The first-order valence-electron chi connectivity index (χ1n) is 10.6. The Morgan fingerprint density at radius 3 is 2.50 bits per heavy atom. The Morgan fingerprint density at radius 1 is 1.17 bits per heavy atom. The Kier molecular flexibility index (Phi) is 7.49. The fourth-order valence-corrected chi connectivity index (χ4v) is 3.54. The van der Waals surface area contributed by atoms with E-state index in [0.29, 0.717) is 18.3 Å². The van der Waals surface area contributed by atoms with Crippen LogP contribution in [0.5, 0.6) is 11.5 Å². The quantitative estimate of drug-likeness (QED) is 0.714. The Labute approximate surface area is 178 Å². The van der Waals surface area contributed by atoms with E-state index in [1.165, 1.54) is 0 Å². The molecule has 2 heterocycles. The van der Waals surface area contributed by atoms with Gasteiger partial charge in [0.15, 0.2) is 11.5 Å². The number of ether oxygens (including phenoxy) is 2. The summed E-state index contributed by atoms with van der Waals surface area (Å²) in [6, 6.07) is 7.54. The van der Waals surface area contributed by atoms with Crippen molar-refractivity contribution in [1.29, 1.82) is 0 Å². The minimum atomic E-state index is -0.110. The van der Waals surface area contributed by atoms with E-state index in [1.54, 1.807) is 19.5 Å². The Bertz CT molecular complexity index is 820. The average Bonchev–Trinajstić information content (AvgIpc) is 2.78. The second-order valence-corrected chi connectivity index (χ2v) is 8.16. The lowest BCUT2D eigenvalue weighted by atomic mass is 9.95. The molecule has 0 radical (unpaired) electrons. The lowest BCUT2D eigenvalue weighted by Crippen LogP contribution is -2.41. The molecule has 0 saturated carbocycles. The Morgan fingerprint density at radius 2 is 1.87 bits per heavy atom. The highest BCUT2D eigenvalue weighted by Gasteiger charge is 2.27. The van der Waals surface area contributed by atoms with Crippen LogP contribution in [0.25, 0.3) is 0 Å². The molecule has 1 aromatic carbocycles. The fourth-order valence-electron chi connectivity index (χ4n) is 3.54. The Balaban J connectivity index is 1.55. The van der Waals surface area contributed by atoms with Crippen molar-refractivity contribution in [1.82, 2.24) is 15.3 Å². The van der Waals surface area contributed by atoms with Gasteiger partial charge in [-0.25, -0.2) is 9.97 Å². The Hall–Kier alpha value is -2.83. The van der Waals surface area contributed by atoms with Crippen molar-refractivity contribution in [3.63, 3.8) is 0 Å². The minimum absolute atomic E-state index is 0.00274. The number of anilines is 1. The number of amides is 1. The third-order valence-corrected chi connectivity index (χ3v) is 5.32. The van der Waals surface area contributed by atoms with Gasteiger partial charge in [0.25, 0.3) is 0 Å². The van der Waals surface area contributed by atoms with Crippen molar-refractivity contribution in [2.75, 3.05) is 31.7 Å². The lowest BCUT2D eigenvalue weighted by molar-refractivity contribution is -0.126. The molecular formula is C23H32N4O3. The predicted octanol–water partition coefficient (Wildman–Crippen LogP) is 3.61. The molecule has 1 aliphatic rings. The molecule has 0 unspecified atom stereocenters. The first-order chi connectivity index (χ1) is 14.5. The standard InChI is InChI=1S/C23H32N4O3/c1-16(2)15-30-20-7-6-19(14-21(20)29-4)17(3)26-22(28)18-8-12-27(13-9-18)23-24-10-5-11-25-23/h5-7,10-11,14,16-18H,8-9,12-13,15H2,1-4H3,(H,26,28)/t17-/m1/s1. The fraction of sp³-hybridized carbons (Fsp3) is 0.522. The number of carbonyl (C=O) groups excluding carboxylic acids is 1. The summed E-state index contributed by atoms with van der Waals surface area (Å²) in [5.41, 5.74) is 0.993. The number of nitrogens with zero attached hydrogens (tertiary/aromatic N) is 3. The van der Waals surface area contributed by atoms with Crippen LogP contribution in [0.4, 0.5) is 5.95 Å². The summed E-state index contributed by atoms with van der Waals surface area (Å²) in [5.74, 6) is 2.68. The highest BCUT2D eigenvalue weighted by Crippen LogP contribution is 2.31. The van der Waals surface area contributed by atoms with Crippen molar-refractivity contribution in [2.24, 2.45) is 11.8 Å². The number of hydrogen-bond acceptors (Lipinski definition) is 6. The molecule has 1 N–H and O–H groups in total. The van der Waals surface area contributed by atoms with Gasteiger partial charge < -0.3 is 19.7 Å². The summed E-state index contributed by atoms with van der Waals surface area (Å²) in [5, 5.41) is 3.16. The van der Waals surface area contributed by atoms with Crippen LogP contribution in [0.2, 0.25) is 0 Å². The van der Waals surface area contributed by atoms with Gasteiger partial charge in [0.1, 0.15) is 0 Å². The second-order valence-electron chi connectivity index (χ2n) is 8.16. The van der Waals surface area contributed by atoms with Gasteiger partial charge in [-0.1, -0.05) is 19.9 Å². The minimum Gasteiger partial charge on any atom is -0.493 e. The normalized spacial score (nSPS) is 15.7. The molecule has 162 valence electrons. The van der Waals surface area contributed by atoms with Crippen molar-refractivity contribution in [2.45, 2.75) is 39.7 Å². The largest absolute Gasteiger partial charge is 0.493 e. The van der Waals surface area contributed by atoms with Gasteiger partial charge in [-0.2, -0.15) is 0 Å². The third-order valence-electron chi connectivity index (χ3n) is 5.32. The van der Waals surface area contributed by atoms with Crippen molar-refractivity contribution < 1.29 is 14.3 Å². The number of piperidine rings is 1. The van der Waals surface area contributed by atoms with Crippen molar-refractivity contribution in [3.8, 4) is 11.5 Å². The van der Waals surface area contributed by atoms with E-state index in [4.69, 9.17) is 9.47 Å². The van der Waals surface area contributed by atoms with Crippen molar-refractivity contribution >= 4 is 11.9 Å². The number of rotatable bonds is 8. The highest BCUT2D eigenvalue weighted by molar-refractivity contribution is 5.79. The molecular weight excluding hydrogens is 380 g/mol. The van der Waals surface area contributed by atoms with Crippen LogP contribution in [0.3, 0.4) is 0 Å². The smallest absolute Gasteiger partial charge is 0.225 e. The maximum Gasteiger partial charge on any atom is 0.225 e. The van der Waals surface area contributed by atoms with Crippen LogP contribution in [0.15, 0.2) is 36.7 Å². The van der Waals surface area contributed by atoms with Crippen LogP contribution in [0, 0.1) is 11.8 Å². The summed E-state index contributed by atoms with van der Waals surface area (Å²) >= 11 is 0. The lowest BCUT2D eigenvalue weighted by Gasteiger charge is -2.31. The van der Waals surface area contributed by atoms with Crippen LogP contribution in [0.1, 0.15) is 45.2 Å². The molecule has 1 amide bonds. The SMILES string of the molecule is COc1cc([C@@H](C)NC(=O)C2CCN(c3ncccn3)CC2)ccc1OCC(C)C.